The fourth-order valence-electron chi connectivity index (χ4n) is 4.07. The maximum Gasteiger partial charge on any atom is 0.340 e. The Morgan fingerprint density at radius 1 is 1.25 bits per heavy atom. The van der Waals surface area contributed by atoms with Crippen molar-refractivity contribution in [3.8, 4) is 10.6 Å². The molecule has 2 atom stereocenters. The smallest absolute Gasteiger partial charge is 0.340 e. The van der Waals surface area contributed by atoms with Crippen LogP contribution in [0.15, 0.2) is 55.1 Å². The van der Waals surface area contributed by atoms with E-state index in [4.69, 9.17) is 4.98 Å². The second-order valence-corrected chi connectivity index (χ2v) is 8.86. The van der Waals surface area contributed by atoms with Crippen molar-refractivity contribution in [3.05, 3.63) is 72.1 Å². The Balaban J connectivity index is 1.77. The Morgan fingerprint density at radius 3 is 2.72 bits per heavy atom. The Hall–Kier alpha value is -3.10. The van der Waals surface area contributed by atoms with Crippen molar-refractivity contribution in [1.29, 1.82) is 0 Å². The number of halogens is 1. The van der Waals surface area contributed by atoms with Gasteiger partial charge in [0.15, 0.2) is 0 Å². The van der Waals surface area contributed by atoms with Crippen molar-refractivity contribution in [2.75, 3.05) is 21.2 Å². The number of rotatable bonds is 7. The van der Waals surface area contributed by atoms with Crippen molar-refractivity contribution in [1.82, 2.24) is 19.4 Å². The van der Waals surface area contributed by atoms with Crippen LogP contribution in [0.4, 0.5) is 4.39 Å². The Labute approximate surface area is 190 Å². The molecule has 2 unspecified atom stereocenters. The molecule has 8 heteroatoms. The number of carbonyl (C=O) groups is 1. The number of hydrogen-bond donors (Lipinski definition) is 0. The van der Waals surface area contributed by atoms with Crippen LogP contribution >= 0.6 is 11.3 Å². The minimum atomic E-state index is -0.704. The zero-order chi connectivity index (χ0) is 22.8. The standard InChI is InChI=1S/C24H25FN4O2S/c1-5-20(28(2)3)22(29-11-10-26-14-29)15-7-9-19-21(13-15)32-23(27-19)16-6-8-18(25)17(12-16)24(30)31-4/h6-14,20,22H,5H2,1-4H3. The average molecular weight is 453 g/mol. The highest BCUT2D eigenvalue weighted by Gasteiger charge is 2.26. The normalized spacial score (nSPS) is 13.4. The number of methoxy groups -OCH3 is 1. The number of nitrogens with zero attached hydrogens (tertiary/aromatic N) is 4. The Bertz CT molecular complexity index is 1240. The van der Waals surface area contributed by atoms with E-state index in [0.717, 1.165) is 21.6 Å². The Morgan fingerprint density at radius 2 is 2.06 bits per heavy atom. The molecule has 2 aromatic heterocycles. The third kappa shape index (κ3) is 4.16. The van der Waals surface area contributed by atoms with Crippen LogP contribution in [0.25, 0.3) is 20.8 Å². The second-order valence-electron chi connectivity index (χ2n) is 7.83. The van der Waals surface area contributed by atoms with Crippen molar-refractivity contribution in [3.63, 3.8) is 0 Å². The molecular formula is C24H25FN4O2S. The molecule has 0 aliphatic rings. The zero-order valence-electron chi connectivity index (χ0n) is 18.4. The molecule has 2 heterocycles. The third-order valence-corrected chi connectivity index (χ3v) is 6.73. The molecule has 32 heavy (non-hydrogen) atoms. The maximum atomic E-state index is 14.0. The fraction of sp³-hybridized carbons (Fsp3) is 0.292. The van der Waals surface area contributed by atoms with E-state index in [1.807, 2.05) is 18.6 Å². The summed E-state index contributed by atoms with van der Waals surface area (Å²) in [5.41, 5.74) is 2.61. The number of carbonyl (C=O) groups excluding carboxylic acids is 1. The first kappa shape index (κ1) is 22.1. The molecule has 0 saturated carbocycles. The quantitative estimate of drug-likeness (QED) is 0.369. The molecule has 2 aromatic carbocycles. The van der Waals surface area contributed by atoms with E-state index in [1.165, 1.54) is 36.1 Å². The first-order valence-electron chi connectivity index (χ1n) is 10.4. The molecule has 0 radical (unpaired) electrons. The van der Waals surface area contributed by atoms with Crippen LogP contribution in [0, 0.1) is 5.82 Å². The first-order valence-corrected chi connectivity index (χ1v) is 11.2. The van der Waals surface area contributed by atoms with Gasteiger partial charge in [0.25, 0.3) is 0 Å². The number of ether oxygens (including phenoxy) is 1. The predicted octanol–water partition coefficient (Wildman–Crippen LogP) is 5.02. The van der Waals surface area contributed by atoms with Crippen LogP contribution in [-0.4, -0.2) is 52.7 Å². The number of thiazole rings is 1. The van der Waals surface area contributed by atoms with Crippen LogP contribution in [0.5, 0.6) is 0 Å². The summed E-state index contributed by atoms with van der Waals surface area (Å²) in [5, 5.41) is 0.723. The van der Waals surface area contributed by atoms with Crippen LogP contribution in [-0.2, 0) is 4.74 Å². The molecule has 4 aromatic rings. The molecule has 0 amide bonds. The Kier molecular flexibility index (Phi) is 6.34. The van der Waals surface area contributed by atoms with Gasteiger partial charge in [-0.2, -0.15) is 0 Å². The minimum Gasteiger partial charge on any atom is -0.465 e. The van der Waals surface area contributed by atoms with Crippen LogP contribution in [0.1, 0.15) is 35.3 Å². The van der Waals surface area contributed by atoms with Gasteiger partial charge in [0.05, 0.1) is 35.3 Å². The highest BCUT2D eigenvalue weighted by molar-refractivity contribution is 7.21. The van der Waals surface area contributed by atoms with Gasteiger partial charge in [0, 0.05) is 24.0 Å². The number of fused-ring (bicyclic) bond motifs is 1. The summed E-state index contributed by atoms with van der Waals surface area (Å²) in [6.07, 6.45) is 6.62. The predicted molar refractivity (Wildman–Crippen MR) is 124 cm³/mol. The van der Waals surface area contributed by atoms with E-state index in [2.05, 4.69) is 52.3 Å². The average Bonchev–Trinajstić information content (AvgIpc) is 3.46. The number of hydrogen-bond acceptors (Lipinski definition) is 6. The monoisotopic (exact) mass is 452 g/mol. The van der Waals surface area contributed by atoms with E-state index in [-0.39, 0.29) is 17.6 Å². The summed E-state index contributed by atoms with van der Waals surface area (Å²) in [5.74, 6) is -1.31. The number of esters is 1. The van der Waals surface area contributed by atoms with Crippen LogP contribution < -0.4 is 0 Å². The van der Waals surface area contributed by atoms with Gasteiger partial charge >= 0.3 is 5.97 Å². The van der Waals surface area contributed by atoms with Crippen LogP contribution in [0.3, 0.4) is 0 Å². The highest BCUT2D eigenvalue weighted by Crippen LogP contribution is 2.35. The highest BCUT2D eigenvalue weighted by atomic mass is 32.1. The van der Waals surface area contributed by atoms with E-state index >= 15 is 0 Å². The number of likely N-dealkylation sites (N-methyl/N-ethyl adjacent to an activating group) is 1. The summed E-state index contributed by atoms with van der Waals surface area (Å²) in [7, 11) is 5.42. The number of benzene rings is 2. The van der Waals surface area contributed by atoms with E-state index in [9.17, 15) is 9.18 Å². The molecule has 0 bridgehead atoms. The lowest BCUT2D eigenvalue weighted by atomic mass is 9.96. The molecular weight excluding hydrogens is 427 g/mol. The largest absolute Gasteiger partial charge is 0.465 e. The molecule has 166 valence electrons. The molecule has 6 nitrogen and oxygen atoms in total. The molecule has 0 aliphatic heterocycles. The van der Waals surface area contributed by atoms with Gasteiger partial charge in [-0.25, -0.2) is 19.2 Å². The third-order valence-electron chi connectivity index (χ3n) is 5.66. The molecule has 0 fully saturated rings. The van der Waals surface area contributed by atoms with Crippen LogP contribution in [0.2, 0.25) is 0 Å². The summed E-state index contributed by atoms with van der Waals surface area (Å²) in [6.45, 7) is 2.19. The zero-order valence-corrected chi connectivity index (χ0v) is 19.3. The molecule has 0 aliphatic carbocycles. The van der Waals surface area contributed by atoms with E-state index in [1.54, 1.807) is 12.3 Å². The molecule has 0 spiro atoms. The number of imidazole rings is 1. The van der Waals surface area contributed by atoms with Gasteiger partial charge in [-0.1, -0.05) is 13.0 Å². The van der Waals surface area contributed by atoms with Crippen molar-refractivity contribution in [2.24, 2.45) is 0 Å². The SMILES string of the molecule is CCC(C(c1ccc2nc(-c3ccc(F)c(C(=O)OC)c3)sc2c1)n1ccnc1)N(C)C. The topological polar surface area (TPSA) is 60.2 Å². The van der Waals surface area contributed by atoms with Crippen molar-refractivity contribution >= 4 is 27.5 Å². The lowest BCUT2D eigenvalue weighted by Crippen LogP contribution is -2.36. The molecule has 4 rings (SSSR count). The number of aromatic nitrogens is 3. The fourth-order valence-corrected chi connectivity index (χ4v) is 5.08. The molecule has 0 saturated heterocycles. The summed E-state index contributed by atoms with van der Waals surface area (Å²) in [6, 6.07) is 11.1. The maximum absolute atomic E-state index is 14.0. The summed E-state index contributed by atoms with van der Waals surface area (Å²) >= 11 is 1.52. The van der Waals surface area contributed by atoms with E-state index < -0.39 is 11.8 Å². The van der Waals surface area contributed by atoms with Crippen molar-refractivity contribution < 1.29 is 13.9 Å². The molecule has 0 N–H and O–H groups in total. The van der Waals surface area contributed by atoms with Gasteiger partial charge < -0.3 is 14.2 Å². The van der Waals surface area contributed by atoms with E-state index in [0.29, 0.717) is 5.56 Å². The summed E-state index contributed by atoms with van der Waals surface area (Å²) in [4.78, 5) is 23.1. The summed E-state index contributed by atoms with van der Waals surface area (Å²) < 4.78 is 21.9. The van der Waals surface area contributed by atoms with Gasteiger partial charge in [0.1, 0.15) is 10.8 Å². The van der Waals surface area contributed by atoms with Crippen molar-refractivity contribution in [2.45, 2.75) is 25.4 Å². The second kappa shape index (κ2) is 9.18. The lowest BCUT2D eigenvalue weighted by molar-refractivity contribution is 0.0595. The van der Waals surface area contributed by atoms with Gasteiger partial charge in [-0.15, -0.1) is 11.3 Å². The van der Waals surface area contributed by atoms with Gasteiger partial charge in [0.2, 0.25) is 0 Å². The lowest BCUT2D eigenvalue weighted by Gasteiger charge is -2.33. The van der Waals surface area contributed by atoms with Gasteiger partial charge in [-0.3, -0.25) is 0 Å². The minimum absolute atomic E-state index is 0.0955. The van der Waals surface area contributed by atoms with Gasteiger partial charge in [-0.05, 0) is 56.4 Å². The first-order chi connectivity index (χ1) is 15.4.